The summed E-state index contributed by atoms with van der Waals surface area (Å²) in [6.45, 7) is 5.42. The average Bonchev–Trinajstić information content (AvgIpc) is 3.64. The molecule has 1 aliphatic heterocycles. The monoisotopic (exact) mass is 752 g/mol. The molecule has 0 radical (unpaired) electrons. The van der Waals surface area contributed by atoms with Crippen molar-refractivity contribution in [3.63, 3.8) is 0 Å². The molecule has 3 aromatic carbocycles. The summed E-state index contributed by atoms with van der Waals surface area (Å²) in [5.74, 6) is -0.223. The number of carboxylic acids is 1. The molecule has 0 saturated carbocycles. The van der Waals surface area contributed by atoms with Crippen LogP contribution in [0.4, 0.5) is 38.0 Å². The molecule has 8 nitrogen and oxygen atoms in total. The fourth-order valence-electron chi connectivity index (χ4n) is 6.13. The smallest absolute Gasteiger partial charge is 0.550 e. The van der Waals surface area contributed by atoms with Crippen molar-refractivity contribution < 1.29 is 75.3 Å². The van der Waals surface area contributed by atoms with E-state index >= 15 is 0 Å². The topological polar surface area (TPSA) is 90.8 Å². The maximum atomic E-state index is 13.9. The molecule has 1 aliphatic rings. The van der Waals surface area contributed by atoms with Crippen molar-refractivity contribution in [3.8, 4) is 22.6 Å². The quantitative estimate of drug-likeness (QED) is 0.101. The third-order valence-electron chi connectivity index (χ3n) is 8.81. The van der Waals surface area contributed by atoms with E-state index in [0.717, 1.165) is 53.9 Å². The molecule has 0 unspecified atom stereocenters. The van der Waals surface area contributed by atoms with E-state index in [1.54, 1.807) is 7.11 Å². The molecule has 0 atom stereocenters. The minimum atomic E-state index is -5.03. The molecule has 1 aromatic heterocycles. The first-order valence-corrected chi connectivity index (χ1v) is 16.9. The van der Waals surface area contributed by atoms with Crippen LogP contribution in [0.5, 0.6) is 11.5 Å². The Balaban J connectivity index is 0.00000627. The van der Waals surface area contributed by atoms with Crippen molar-refractivity contribution in [1.82, 2.24) is 9.97 Å². The Morgan fingerprint density at radius 3 is 2.09 bits per heavy atom. The van der Waals surface area contributed by atoms with Gasteiger partial charge in [-0.2, -0.15) is 26.3 Å². The van der Waals surface area contributed by atoms with Gasteiger partial charge in [-0.1, -0.05) is 26.0 Å². The maximum absolute atomic E-state index is 13.9. The van der Waals surface area contributed by atoms with Crippen LogP contribution >= 0.6 is 0 Å². The fraction of sp³-hybridized carbons (Fsp3) is 0.395. The van der Waals surface area contributed by atoms with E-state index in [2.05, 4.69) is 28.7 Å². The number of ether oxygens (including phenoxy) is 2. The van der Waals surface area contributed by atoms with Crippen LogP contribution in [0.25, 0.3) is 11.1 Å². The molecule has 0 spiro atoms. The number of hydrogen-bond acceptors (Lipinski definition) is 8. The first-order valence-electron chi connectivity index (χ1n) is 16.9. The number of nitrogens with zero attached hydrogens (tertiary/aromatic N) is 4. The average molecular weight is 753 g/mol. The van der Waals surface area contributed by atoms with Gasteiger partial charge in [0.25, 0.3) is 0 Å². The summed E-state index contributed by atoms with van der Waals surface area (Å²) >= 11 is 0. The molecule has 1 saturated heterocycles. The molecular formula is C38H39F6N4NaO4. The second-order valence-corrected chi connectivity index (χ2v) is 13.0. The number of anilines is 2. The van der Waals surface area contributed by atoms with E-state index in [1.165, 1.54) is 17.3 Å². The zero-order chi connectivity index (χ0) is 37.6. The van der Waals surface area contributed by atoms with Gasteiger partial charge in [-0.15, -0.1) is 0 Å². The second kappa shape index (κ2) is 17.9. The number of halogens is 6. The van der Waals surface area contributed by atoms with E-state index in [1.807, 2.05) is 36.4 Å². The van der Waals surface area contributed by atoms with Gasteiger partial charge < -0.3 is 29.2 Å². The molecule has 0 amide bonds. The number of methoxy groups -OCH3 is 1. The van der Waals surface area contributed by atoms with E-state index in [4.69, 9.17) is 9.47 Å². The van der Waals surface area contributed by atoms with Crippen LogP contribution in [0.3, 0.4) is 0 Å². The largest absolute Gasteiger partial charge is 1.00 e. The van der Waals surface area contributed by atoms with Crippen LogP contribution in [0.1, 0.15) is 73.3 Å². The minimum absolute atomic E-state index is 0. The first kappa shape index (κ1) is 41.7. The standard InChI is InChI=1S/C38H40F6N4O4.Na/c1-24(2)26-8-11-34(51-3)33(18-26)32-10-9-30(47-12-4-5-13-47)17-27(32)23-48(36-45-20-31(21-46-36)52-14-6-7-35(49)50)22-25-15-28(37(39,40)41)19-29(16-25)38(42,43)44;/h8-11,15-21,24H,4-7,12-14,22-23H2,1-3H3,(H,49,50);/q;+1/p-1. The summed E-state index contributed by atoms with van der Waals surface area (Å²) in [6, 6.07) is 13.3. The molecule has 1 fully saturated rings. The van der Waals surface area contributed by atoms with Crippen LogP contribution in [0.2, 0.25) is 0 Å². The number of alkyl halides is 6. The molecular weight excluding hydrogens is 713 g/mol. The Morgan fingerprint density at radius 1 is 0.887 bits per heavy atom. The third kappa shape index (κ3) is 11.0. The van der Waals surface area contributed by atoms with Gasteiger partial charge in [0.1, 0.15) is 5.75 Å². The SMILES string of the molecule is COc1ccc(C(C)C)cc1-c1ccc(N2CCCC2)cc1CN(Cc1cc(C(F)(F)F)cc(C(F)(F)F)c1)c1ncc(OCCCC(=O)[O-])cn1.[Na+]. The summed E-state index contributed by atoms with van der Waals surface area (Å²) in [7, 11) is 1.56. The summed E-state index contributed by atoms with van der Waals surface area (Å²) in [6.07, 6.45) is -5.43. The van der Waals surface area contributed by atoms with Gasteiger partial charge in [-0.25, -0.2) is 9.97 Å². The van der Waals surface area contributed by atoms with Crippen LogP contribution in [0, 0.1) is 0 Å². The second-order valence-electron chi connectivity index (χ2n) is 13.0. The fourth-order valence-corrected chi connectivity index (χ4v) is 6.13. The number of carboxylic acid groups (broad SMARTS) is 1. The molecule has 278 valence electrons. The van der Waals surface area contributed by atoms with Gasteiger partial charge in [0.15, 0.2) is 5.75 Å². The van der Waals surface area contributed by atoms with Gasteiger partial charge in [0, 0.05) is 43.4 Å². The summed E-state index contributed by atoms with van der Waals surface area (Å²) in [4.78, 5) is 23.3. The van der Waals surface area contributed by atoms with Gasteiger partial charge in [0.2, 0.25) is 5.95 Å². The van der Waals surface area contributed by atoms with Gasteiger partial charge >= 0.3 is 41.9 Å². The van der Waals surface area contributed by atoms with Crippen LogP contribution in [-0.2, 0) is 30.2 Å². The van der Waals surface area contributed by atoms with Crippen molar-refractivity contribution in [2.24, 2.45) is 0 Å². The van der Waals surface area contributed by atoms with Crippen LogP contribution in [-0.4, -0.2) is 42.7 Å². The Hall–Kier alpha value is -4.01. The van der Waals surface area contributed by atoms with E-state index < -0.39 is 36.0 Å². The number of aliphatic carboxylic acids is 1. The third-order valence-corrected chi connectivity index (χ3v) is 8.81. The zero-order valence-corrected chi connectivity index (χ0v) is 32.0. The minimum Gasteiger partial charge on any atom is -0.550 e. The Labute approximate surface area is 326 Å². The number of hydrogen-bond donors (Lipinski definition) is 0. The molecule has 2 heterocycles. The summed E-state index contributed by atoms with van der Waals surface area (Å²) in [5.41, 5.74) is 1.13. The number of carbonyl (C=O) groups excluding carboxylic acids is 1. The van der Waals surface area contributed by atoms with E-state index in [9.17, 15) is 36.2 Å². The van der Waals surface area contributed by atoms with Gasteiger partial charge in [-0.3, -0.25) is 0 Å². The van der Waals surface area contributed by atoms with Crippen molar-refractivity contribution in [1.29, 1.82) is 0 Å². The maximum Gasteiger partial charge on any atom is 1.00 e. The normalized spacial score (nSPS) is 13.2. The van der Waals surface area contributed by atoms with Gasteiger partial charge in [0.05, 0.1) is 37.2 Å². The van der Waals surface area contributed by atoms with Crippen molar-refractivity contribution >= 4 is 17.6 Å². The predicted molar refractivity (Wildman–Crippen MR) is 182 cm³/mol. The van der Waals surface area contributed by atoms with Gasteiger partial charge in [-0.05, 0) is 96.3 Å². The molecule has 4 aromatic rings. The number of rotatable bonds is 14. The Kier molecular flexibility index (Phi) is 14.1. The van der Waals surface area contributed by atoms with Crippen molar-refractivity contribution in [2.75, 3.05) is 36.6 Å². The van der Waals surface area contributed by atoms with Crippen LogP contribution in [0.15, 0.2) is 67.0 Å². The summed E-state index contributed by atoms with van der Waals surface area (Å²) in [5, 5.41) is 10.7. The van der Waals surface area contributed by atoms with Crippen molar-refractivity contribution in [3.05, 3.63) is 94.8 Å². The Morgan fingerprint density at radius 2 is 1.53 bits per heavy atom. The molecule has 5 rings (SSSR count). The molecule has 0 aliphatic carbocycles. The summed E-state index contributed by atoms with van der Waals surface area (Å²) < 4.78 is 94.6. The number of aromatic nitrogens is 2. The van der Waals surface area contributed by atoms with E-state index in [-0.39, 0.29) is 84.8 Å². The Bertz CT molecular complexity index is 1820. The predicted octanol–water partition coefficient (Wildman–Crippen LogP) is 5.03. The van der Waals surface area contributed by atoms with Crippen molar-refractivity contribution in [2.45, 2.75) is 70.9 Å². The molecule has 0 N–H and O–H groups in total. The zero-order valence-electron chi connectivity index (χ0n) is 30.0. The number of carbonyl (C=O) groups is 1. The molecule has 15 heteroatoms. The number of benzene rings is 3. The van der Waals surface area contributed by atoms with E-state index in [0.29, 0.717) is 17.9 Å². The molecule has 0 bridgehead atoms. The van der Waals surface area contributed by atoms with Crippen LogP contribution < -0.4 is 53.9 Å². The molecule has 53 heavy (non-hydrogen) atoms. The first-order chi connectivity index (χ1) is 24.6.